The molecule has 1 rings (SSSR count). The number of anilines is 1. The Balaban J connectivity index is 2.66. The number of nitrogens with zero attached hydrogens (tertiary/aromatic N) is 1. The van der Waals surface area contributed by atoms with Crippen LogP contribution in [0.3, 0.4) is 0 Å². The molecule has 2 nitrogen and oxygen atoms in total. The van der Waals surface area contributed by atoms with Crippen LogP contribution >= 0.6 is 0 Å². The highest BCUT2D eigenvalue weighted by atomic mass is 15.1. The van der Waals surface area contributed by atoms with E-state index in [9.17, 15) is 0 Å². The summed E-state index contributed by atoms with van der Waals surface area (Å²) in [6.45, 7) is 9.63. The molecular formula is C15H26N2. The highest BCUT2D eigenvalue weighted by Gasteiger charge is 2.10. The van der Waals surface area contributed by atoms with E-state index in [1.807, 2.05) is 0 Å². The number of likely N-dealkylation sites (N-methyl/N-ethyl adjacent to an activating group) is 1. The number of aryl methyl sites for hydroxylation is 2. The molecule has 0 bridgehead atoms. The molecule has 17 heavy (non-hydrogen) atoms. The van der Waals surface area contributed by atoms with Gasteiger partial charge in [0.05, 0.1) is 0 Å². The molecule has 1 unspecified atom stereocenters. The molecule has 0 radical (unpaired) electrons. The van der Waals surface area contributed by atoms with Crippen LogP contribution in [0.4, 0.5) is 5.69 Å². The first kappa shape index (κ1) is 14.0. The Morgan fingerprint density at radius 2 is 1.65 bits per heavy atom. The Morgan fingerprint density at radius 3 is 2.12 bits per heavy atom. The van der Waals surface area contributed by atoms with Crippen LogP contribution in [0, 0.1) is 19.8 Å². The minimum Gasteiger partial charge on any atom is -0.373 e. The van der Waals surface area contributed by atoms with Crippen molar-refractivity contribution in [2.45, 2.75) is 40.2 Å². The van der Waals surface area contributed by atoms with E-state index in [1.165, 1.54) is 16.8 Å². The third kappa shape index (κ3) is 4.78. The summed E-state index contributed by atoms with van der Waals surface area (Å²) in [7, 11) is 2.12. The first-order valence-electron chi connectivity index (χ1n) is 6.43. The van der Waals surface area contributed by atoms with E-state index in [0.29, 0.717) is 5.92 Å². The molecule has 1 atom stereocenters. The van der Waals surface area contributed by atoms with Gasteiger partial charge in [-0.1, -0.05) is 19.9 Å². The normalized spacial score (nSPS) is 12.9. The molecule has 1 aromatic carbocycles. The van der Waals surface area contributed by atoms with Gasteiger partial charge in [-0.05, 0) is 49.4 Å². The largest absolute Gasteiger partial charge is 0.373 e. The zero-order chi connectivity index (χ0) is 13.0. The minimum absolute atomic E-state index is 0.251. The van der Waals surface area contributed by atoms with Gasteiger partial charge in [0.2, 0.25) is 0 Å². The maximum atomic E-state index is 6.15. The molecule has 96 valence electrons. The van der Waals surface area contributed by atoms with Gasteiger partial charge >= 0.3 is 0 Å². The Kier molecular flexibility index (Phi) is 5.01. The summed E-state index contributed by atoms with van der Waals surface area (Å²) in [5.74, 6) is 0.664. The molecule has 0 amide bonds. The lowest BCUT2D eigenvalue weighted by atomic mass is 10.0. The van der Waals surface area contributed by atoms with Gasteiger partial charge in [0.15, 0.2) is 0 Å². The number of benzene rings is 1. The van der Waals surface area contributed by atoms with Gasteiger partial charge in [-0.15, -0.1) is 0 Å². The first-order chi connectivity index (χ1) is 7.88. The number of rotatable bonds is 5. The topological polar surface area (TPSA) is 29.3 Å². The van der Waals surface area contributed by atoms with Crippen LogP contribution < -0.4 is 10.6 Å². The summed E-state index contributed by atoms with van der Waals surface area (Å²) < 4.78 is 0. The molecule has 0 aliphatic heterocycles. The fourth-order valence-electron chi connectivity index (χ4n) is 2.31. The van der Waals surface area contributed by atoms with E-state index in [4.69, 9.17) is 5.73 Å². The van der Waals surface area contributed by atoms with E-state index in [2.05, 4.69) is 57.8 Å². The second kappa shape index (κ2) is 6.06. The molecule has 0 saturated heterocycles. The lowest BCUT2D eigenvalue weighted by Crippen LogP contribution is -2.36. The first-order valence-corrected chi connectivity index (χ1v) is 6.43. The van der Waals surface area contributed by atoms with Gasteiger partial charge < -0.3 is 10.6 Å². The van der Waals surface area contributed by atoms with Crippen molar-refractivity contribution in [1.82, 2.24) is 0 Å². The SMILES string of the molecule is Cc1cc(C)cc(N(C)CC(N)CC(C)C)c1. The number of hydrogen-bond donors (Lipinski definition) is 1. The Hall–Kier alpha value is -1.02. The maximum absolute atomic E-state index is 6.15. The lowest BCUT2D eigenvalue weighted by Gasteiger charge is -2.25. The molecular weight excluding hydrogens is 208 g/mol. The molecule has 0 aromatic heterocycles. The van der Waals surface area contributed by atoms with Crippen molar-refractivity contribution in [3.05, 3.63) is 29.3 Å². The fraction of sp³-hybridized carbons (Fsp3) is 0.600. The average Bonchev–Trinajstić information content (AvgIpc) is 2.14. The Morgan fingerprint density at radius 1 is 1.12 bits per heavy atom. The van der Waals surface area contributed by atoms with Crippen molar-refractivity contribution in [2.24, 2.45) is 11.7 Å². The number of nitrogens with two attached hydrogens (primary N) is 1. The van der Waals surface area contributed by atoms with Crippen molar-refractivity contribution in [2.75, 3.05) is 18.5 Å². The number of hydrogen-bond acceptors (Lipinski definition) is 2. The highest BCUT2D eigenvalue weighted by Crippen LogP contribution is 2.18. The van der Waals surface area contributed by atoms with Crippen LogP contribution in [-0.2, 0) is 0 Å². The van der Waals surface area contributed by atoms with Crippen molar-refractivity contribution in [3.8, 4) is 0 Å². The molecule has 2 N–H and O–H groups in total. The van der Waals surface area contributed by atoms with Crippen molar-refractivity contribution >= 4 is 5.69 Å². The molecule has 0 spiro atoms. The van der Waals surface area contributed by atoms with Crippen molar-refractivity contribution in [3.63, 3.8) is 0 Å². The van der Waals surface area contributed by atoms with E-state index < -0.39 is 0 Å². The van der Waals surface area contributed by atoms with Crippen molar-refractivity contribution < 1.29 is 0 Å². The third-order valence-electron chi connectivity index (χ3n) is 2.93. The maximum Gasteiger partial charge on any atom is 0.0369 e. The van der Waals surface area contributed by atoms with Crippen molar-refractivity contribution in [1.29, 1.82) is 0 Å². The van der Waals surface area contributed by atoms with Crippen LogP contribution in [0.2, 0.25) is 0 Å². The summed E-state index contributed by atoms with van der Waals surface area (Å²) in [5, 5.41) is 0. The Bertz CT molecular complexity index is 338. The van der Waals surface area contributed by atoms with Crippen LogP contribution in [0.1, 0.15) is 31.4 Å². The summed E-state index contributed by atoms with van der Waals surface area (Å²) in [4.78, 5) is 2.26. The predicted molar refractivity (Wildman–Crippen MR) is 76.6 cm³/mol. The van der Waals surface area contributed by atoms with E-state index >= 15 is 0 Å². The second-order valence-electron chi connectivity index (χ2n) is 5.62. The van der Waals surface area contributed by atoms with Gasteiger partial charge in [0.1, 0.15) is 0 Å². The summed E-state index contributed by atoms with van der Waals surface area (Å²) in [6, 6.07) is 6.89. The molecule has 0 heterocycles. The zero-order valence-electron chi connectivity index (χ0n) is 11.8. The monoisotopic (exact) mass is 234 g/mol. The fourth-order valence-corrected chi connectivity index (χ4v) is 2.31. The standard InChI is InChI=1S/C15H26N2/c1-11(2)6-14(16)10-17(5)15-8-12(3)7-13(4)9-15/h7-9,11,14H,6,10,16H2,1-5H3. The molecule has 0 fully saturated rings. The quantitative estimate of drug-likeness (QED) is 0.848. The van der Waals surface area contributed by atoms with Crippen LogP contribution in [0.25, 0.3) is 0 Å². The third-order valence-corrected chi connectivity index (χ3v) is 2.93. The average molecular weight is 234 g/mol. The van der Waals surface area contributed by atoms with Gasteiger partial charge in [0.25, 0.3) is 0 Å². The second-order valence-corrected chi connectivity index (χ2v) is 5.62. The van der Waals surface area contributed by atoms with Gasteiger partial charge in [-0.2, -0.15) is 0 Å². The van der Waals surface area contributed by atoms with E-state index in [-0.39, 0.29) is 6.04 Å². The lowest BCUT2D eigenvalue weighted by molar-refractivity contribution is 0.495. The predicted octanol–water partition coefficient (Wildman–Crippen LogP) is 3.11. The highest BCUT2D eigenvalue weighted by molar-refractivity contribution is 5.50. The van der Waals surface area contributed by atoms with Crippen LogP contribution in [0.15, 0.2) is 18.2 Å². The molecule has 0 aliphatic carbocycles. The van der Waals surface area contributed by atoms with Crippen LogP contribution in [-0.4, -0.2) is 19.6 Å². The Labute approximate surface area is 106 Å². The zero-order valence-corrected chi connectivity index (χ0v) is 11.8. The summed E-state index contributed by atoms with van der Waals surface area (Å²) in [5.41, 5.74) is 10.0. The van der Waals surface area contributed by atoms with Gasteiger partial charge in [-0.25, -0.2) is 0 Å². The van der Waals surface area contributed by atoms with Crippen LogP contribution in [0.5, 0.6) is 0 Å². The molecule has 0 saturated carbocycles. The smallest absolute Gasteiger partial charge is 0.0369 e. The van der Waals surface area contributed by atoms with E-state index in [0.717, 1.165) is 13.0 Å². The van der Waals surface area contributed by atoms with E-state index in [1.54, 1.807) is 0 Å². The molecule has 1 aromatic rings. The molecule has 2 heteroatoms. The summed E-state index contributed by atoms with van der Waals surface area (Å²) >= 11 is 0. The summed E-state index contributed by atoms with van der Waals surface area (Å²) in [6.07, 6.45) is 1.08. The minimum atomic E-state index is 0.251. The van der Waals surface area contributed by atoms with Gasteiger partial charge in [-0.3, -0.25) is 0 Å². The molecule has 0 aliphatic rings. The van der Waals surface area contributed by atoms with Gasteiger partial charge in [0, 0.05) is 25.3 Å².